The number of rotatable bonds is 9. The molecule has 0 aliphatic carbocycles. The van der Waals surface area contributed by atoms with Crippen molar-refractivity contribution in [1.29, 1.82) is 0 Å². The number of thioether (sulfide) groups is 1. The molecule has 0 aromatic heterocycles. The number of carbonyl (C=O) groups is 1. The first-order chi connectivity index (χ1) is 13.6. The molecule has 0 spiro atoms. The van der Waals surface area contributed by atoms with E-state index >= 15 is 0 Å². The van der Waals surface area contributed by atoms with E-state index < -0.39 is 5.97 Å². The van der Waals surface area contributed by atoms with Gasteiger partial charge in [0.25, 0.3) is 0 Å². The average molecular weight is 394 g/mol. The fourth-order valence-electron chi connectivity index (χ4n) is 2.60. The highest BCUT2D eigenvalue weighted by Gasteiger charge is 2.05. The number of ether oxygens (including phenoxy) is 2. The average Bonchev–Trinajstić information content (AvgIpc) is 2.71. The smallest absolute Gasteiger partial charge is 0.341 e. The molecule has 0 heterocycles. The number of carboxylic acid groups (broad SMARTS) is 1. The Morgan fingerprint density at radius 3 is 2.36 bits per heavy atom. The van der Waals surface area contributed by atoms with Crippen LogP contribution in [0.4, 0.5) is 0 Å². The van der Waals surface area contributed by atoms with E-state index in [9.17, 15) is 4.79 Å². The summed E-state index contributed by atoms with van der Waals surface area (Å²) >= 11 is 1.72. The van der Waals surface area contributed by atoms with Crippen molar-refractivity contribution in [3.05, 3.63) is 89.5 Å². The van der Waals surface area contributed by atoms with Gasteiger partial charge in [0, 0.05) is 10.6 Å². The van der Waals surface area contributed by atoms with Crippen LogP contribution < -0.4 is 9.47 Å². The Labute approximate surface area is 169 Å². The number of hydrogen-bond acceptors (Lipinski definition) is 4. The molecule has 3 aromatic rings. The Morgan fingerprint density at radius 1 is 0.929 bits per heavy atom. The zero-order valence-corrected chi connectivity index (χ0v) is 16.4. The molecule has 0 saturated heterocycles. The number of aryl methyl sites for hydroxylation is 1. The van der Waals surface area contributed by atoms with Gasteiger partial charge in [-0.05, 0) is 53.9 Å². The topological polar surface area (TPSA) is 55.8 Å². The summed E-state index contributed by atoms with van der Waals surface area (Å²) in [6, 6.07) is 24.0. The summed E-state index contributed by atoms with van der Waals surface area (Å²) in [5.74, 6) is 1.32. The van der Waals surface area contributed by atoms with Crippen molar-refractivity contribution in [2.45, 2.75) is 24.2 Å². The summed E-state index contributed by atoms with van der Waals surface area (Å²) in [5.41, 5.74) is 3.28. The third-order valence-corrected chi connectivity index (χ3v) is 5.14. The first-order valence-electron chi connectivity index (χ1n) is 8.94. The van der Waals surface area contributed by atoms with Crippen LogP contribution >= 0.6 is 11.8 Å². The van der Waals surface area contributed by atoms with Gasteiger partial charge in [0.1, 0.15) is 18.1 Å². The van der Waals surface area contributed by atoms with Gasteiger partial charge in [-0.2, -0.15) is 0 Å². The number of benzene rings is 3. The summed E-state index contributed by atoms with van der Waals surface area (Å²) < 4.78 is 11.1. The zero-order valence-electron chi connectivity index (χ0n) is 15.6. The first kappa shape index (κ1) is 19.8. The van der Waals surface area contributed by atoms with Gasteiger partial charge in [-0.25, -0.2) is 4.79 Å². The maximum absolute atomic E-state index is 10.6. The van der Waals surface area contributed by atoms with Crippen LogP contribution in [0.15, 0.2) is 77.7 Å². The molecule has 0 fully saturated rings. The number of carboxylic acids is 1. The van der Waals surface area contributed by atoms with Crippen molar-refractivity contribution in [3.8, 4) is 11.5 Å². The third kappa shape index (κ3) is 6.06. The van der Waals surface area contributed by atoms with Crippen LogP contribution in [0.25, 0.3) is 0 Å². The van der Waals surface area contributed by atoms with Gasteiger partial charge in [-0.3, -0.25) is 0 Å². The minimum Gasteiger partial charge on any atom is -0.489 e. The minimum atomic E-state index is -0.978. The molecule has 3 aromatic carbocycles. The van der Waals surface area contributed by atoms with Gasteiger partial charge in [-0.1, -0.05) is 42.5 Å². The summed E-state index contributed by atoms with van der Waals surface area (Å²) in [4.78, 5) is 11.7. The second-order valence-electron chi connectivity index (χ2n) is 6.32. The summed E-state index contributed by atoms with van der Waals surface area (Å²) in [6.45, 7) is 2.15. The van der Waals surface area contributed by atoms with Crippen molar-refractivity contribution in [2.24, 2.45) is 0 Å². The molecule has 3 rings (SSSR count). The second-order valence-corrected chi connectivity index (χ2v) is 7.37. The Morgan fingerprint density at radius 2 is 1.68 bits per heavy atom. The summed E-state index contributed by atoms with van der Waals surface area (Å²) in [7, 11) is 0. The van der Waals surface area contributed by atoms with Crippen molar-refractivity contribution in [1.82, 2.24) is 0 Å². The summed E-state index contributed by atoms with van der Waals surface area (Å²) in [6.07, 6.45) is 0. The fraction of sp³-hybridized carbons (Fsp3) is 0.174. The lowest BCUT2D eigenvalue weighted by atomic mass is 10.2. The van der Waals surface area contributed by atoms with Gasteiger partial charge in [0.05, 0.1) is 0 Å². The van der Waals surface area contributed by atoms with Gasteiger partial charge in [0.2, 0.25) is 0 Å². The van der Waals surface area contributed by atoms with E-state index in [-0.39, 0.29) is 6.61 Å². The molecule has 1 N–H and O–H groups in total. The fourth-order valence-corrected chi connectivity index (χ4v) is 3.55. The standard InChI is InChI=1S/C23H22O4S/c1-17-13-21(11-12-22(17)27-15-23(24)25)28-16-19-7-9-20(10-8-19)26-14-18-5-3-2-4-6-18/h2-13H,14-16H2,1H3,(H,24,25). The Balaban J connectivity index is 1.50. The number of hydrogen-bond donors (Lipinski definition) is 1. The van der Waals surface area contributed by atoms with E-state index in [2.05, 4.69) is 12.1 Å². The quantitative estimate of drug-likeness (QED) is 0.497. The normalized spacial score (nSPS) is 10.5. The molecule has 0 aliphatic heterocycles. The van der Waals surface area contributed by atoms with E-state index in [0.29, 0.717) is 12.4 Å². The largest absolute Gasteiger partial charge is 0.489 e. The van der Waals surface area contributed by atoms with Gasteiger partial charge in [-0.15, -0.1) is 11.8 Å². The molecule has 28 heavy (non-hydrogen) atoms. The van der Waals surface area contributed by atoms with Gasteiger partial charge >= 0.3 is 5.97 Å². The van der Waals surface area contributed by atoms with Crippen LogP contribution in [0.5, 0.6) is 11.5 Å². The second kappa shape index (κ2) is 9.85. The molecule has 0 saturated carbocycles. The Bertz CT molecular complexity index is 908. The molecule has 0 amide bonds. The van der Waals surface area contributed by atoms with Crippen LogP contribution in [-0.2, 0) is 17.2 Å². The third-order valence-electron chi connectivity index (χ3n) is 4.07. The molecular formula is C23H22O4S. The molecule has 0 bridgehead atoms. The Kier molecular flexibility index (Phi) is 6.98. The predicted octanol–water partition coefficient (Wildman–Crippen LogP) is 5.33. The van der Waals surface area contributed by atoms with Gasteiger partial charge in [0.15, 0.2) is 6.61 Å². The van der Waals surface area contributed by atoms with E-state index in [1.54, 1.807) is 11.8 Å². The van der Waals surface area contributed by atoms with E-state index in [4.69, 9.17) is 14.6 Å². The van der Waals surface area contributed by atoms with Crippen LogP contribution in [0.2, 0.25) is 0 Å². The molecule has 4 nitrogen and oxygen atoms in total. The lowest BCUT2D eigenvalue weighted by molar-refractivity contribution is -0.139. The van der Waals surface area contributed by atoms with Gasteiger partial charge < -0.3 is 14.6 Å². The highest BCUT2D eigenvalue weighted by Crippen LogP contribution is 2.28. The maximum Gasteiger partial charge on any atom is 0.341 e. The minimum absolute atomic E-state index is 0.327. The molecule has 5 heteroatoms. The van der Waals surface area contributed by atoms with Crippen molar-refractivity contribution < 1.29 is 19.4 Å². The number of aliphatic carboxylic acids is 1. The molecule has 0 radical (unpaired) electrons. The molecular weight excluding hydrogens is 372 g/mol. The molecule has 144 valence electrons. The monoisotopic (exact) mass is 394 g/mol. The van der Waals surface area contributed by atoms with E-state index in [1.807, 2.05) is 67.6 Å². The summed E-state index contributed by atoms with van der Waals surface area (Å²) in [5, 5.41) is 8.70. The molecule has 0 aliphatic rings. The first-order valence-corrected chi connectivity index (χ1v) is 9.92. The van der Waals surface area contributed by atoms with Crippen LogP contribution in [0.3, 0.4) is 0 Å². The SMILES string of the molecule is Cc1cc(SCc2ccc(OCc3ccccc3)cc2)ccc1OCC(=O)O. The maximum atomic E-state index is 10.6. The van der Waals surface area contributed by atoms with Crippen LogP contribution in [0, 0.1) is 6.92 Å². The molecule has 0 unspecified atom stereocenters. The zero-order chi connectivity index (χ0) is 19.8. The van der Waals surface area contributed by atoms with Crippen LogP contribution in [0.1, 0.15) is 16.7 Å². The van der Waals surface area contributed by atoms with Crippen molar-refractivity contribution in [2.75, 3.05) is 6.61 Å². The highest BCUT2D eigenvalue weighted by atomic mass is 32.2. The lowest BCUT2D eigenvalue weighted by Crippen LogP contribution is -2.09. The molecule has 0 atom stereocenters. The van der Waals surface area contributed by atoms with E-state index in [1.165, 1.54) is 5.56 Å². The van der Waals surface area contributed by atoms with Crippen molar-refractivity contribution >= 4 is 17.7 Å². The predicted molar refractivity (Wildman–Crippen MR) is 111 cm³/mol. The van der Waals surface area contributed by atoms with E-state index in [0.717, 1.165) is 27.5 Å². The lowest BCUT2D eigenvalue weighted by Gasteiger charge is -2.10. The van der Waals surface area contributed by atoms with Crippen molar-refractivity contribution in [3.63, 3.8) is 0 Å². The Hall–Kier alpha value is -2.92. The van der Waals surface area contributed by atoms with Crippen LogP contribution in [-0.4, -0.2) is 17.7 Å². The highest BCUT2D eigenvalue weighted by molar-refractivity contribution is 7.98.